The van der Waals surface area contributed by atoms with Gasteiger partial charge in [0.05, 0.1) is 18.0 Å². The topological polar surface area (TPSA) is 97.0 Å². The summed E-state index contributed by atoms with van der Waals surface area (Å²) in [5.74, 6) is 2.38. The van der Waals surface area contributed by atoms with Crippen molar-refractivity contribution in [3.8, 4) is 5.75 Å². The first-order chi connectivity index (χ1) is 19.4. The Morgan fingerprint density at radius 2 is 1.77 bits per heavy atom. The predicted octanol–water partition coefficient (Wildman–Crippen LogP) is 2.97. The van der Waals surface area contributed by atoms with E-state index in [1.807, 2.05) is 40.8 Å². The number of carbonyl (C=O) groups is 1. The molecule has 40 heavy (non-hydrogen) atoms. The van der Waals surface area contributed by atoms with Gasteiger partial charge in [-0.15, -0.1) is 10.2 Å². The molecule has 0 saturated carbocycles. The van der Waals surface area contributed by atoms with E-state index in [0.717, 1.165) is 50.4 Å². The number of methoxy groups -OCH3 is 1. The molecule has 4 aromatic rings. The number of aryl methyl sites for hydroxylation is 1. The van der Waals surface area contributed by atoms with Gasteiger partial charge < -0.3 is 15.0 Å². The molecule has 2 aromatic carbocycles. The van der Waals surface area contributed by atoms with E-state index in [-0.39, 0.29) is 17.4 Å². The maximum absolute atomic E-state index is 13.1. The van der Waals surface area contributed by atoms with E-state index < -0.39 is 0 Å². The lowest BCUT2D eigenvalue weighted by atomic mass is 10.2. The van der Waals surface area contributed by atoms with E-state index in [1.165, 1.54) is 5.69 Å². The van der Waals surface area contributed by atoms with Crippen LogP contribution in [0.4, 0.5) is 5.69 Å². The third-order valence-corrected chi connectivity index (χ3v) is 7.48. The number of amides is 1. The fourth-order valence-electron chi connectivity index (χ4n) is 5.37. The predicted molar refractivity (Wildman–Crippen MR) is 157 cm³/mol. The first-order valence-corrected chi connectivity index (χ1v) is 14.2. The summed E-state index contributed by atoms with van der Waals surface area (Å²) in [6.45, 7) is 10.3. The number of nitrogens with zero attached hydrogens (tertiary/aromatic N) is 6. The smallest absolute Gasteiger partial charge is 0.262 e. The van der Waals surface area contributed by atoms with Crippen LogP contribution in [0.25, 0.3) is 16.7 Å². The molecule has 1 aliphatic rings. The van der Waals surface area contributed by atoms with Gasteiger partial charge in [-0.1, -0.05) is 26.0 Å². The lowest BCUT2D eigenvalue weighted by molar-refractivity contribution is -0.121. The Labute approximate surface area is 234 Å². The van der Waals surface area contributed by atoms with Gasteiger partial charge in [-0.25, -0.2) is 0 Å². The van der Waals surface area contributed by atoms with Crippen LogP contribution in [0.2, 0.25) is 0 Å². The second-order valence-electron chi connectivity index (χ2n) is 10.8. The Kier molecular flexibility index (Phi) is 8.64. The zero-order valence-corrected chi connectivity index (χ0v) is 23.7. The Bertz CT molecular complexity index is 1500. The van der Waals surface area contributed by atoms with Crippen LogP contribution in [0.15, 0.2) is 53.3 Å². The number of aromatic nitrogens is 4. The van der Waals surface area contributed by atoms with Gasteiger partial charge in [-0.05, 0) is 55.3 Å². The molecule has 10 nitrogen and oxygen atoms in total. The average molecular weight is 546 g/mol. The third-order valence-electron chi connectivity index (χ3n) is 7.48. The molecule has 0 spiro atoms. The SMILES string of the molecule is COc1ccc(N2CCN(CCCNC(=O)CCc3nnc4n(CC(C)C)c(=O)c5ccccc5n34)CC2)cc1. The number of anilines is 1. The molecule has 5 rings (SSSR count). The minimum atomic E-state index is -0.0596. The number of para-hydroxylation sites is 1. The summed E-state index contributed by atoms with van der Waals surface area (Å²) in [7, 11) is 1.68. The molecule has 1 aliphatic heterocycles. The largest absolute Gasteiger partial charge is 0.497 e. The van der Waals surface area contributed by atoms with Gasteiger partial charge in [-0.3, -0.25) is 23.5 Å². The molecular formula is C30H39N7O3. The van der Waals surface area contributed by atoms with E-state index in [2.05, 4.69) is 51.3 Å². The molecule has 1 fully saturated rings. The molecule has 2 aromatic heterocycles. The van der Waals surface area contributed by atoms with Crippen LogP contribution in [0.1, 0.15) is 32.5 Å². The third kappa shape index (κ3) is 6.12. The Hall–Kier alpha value is -3.92. The summed E-state index contributed by atoms with van der Waals surface area (Å²) < 4.78 is 8.88. The molecule has 10 heteroatoms. The highest BCUT2D eigenvalue weighted by molar-refractivity contribution is 5.80. The molecule has 0 unspecified atom stereocenters. The number of fused-ring (bicyclic) bond motifs is 3. The number of piperazine rings is 1. The lowest BCUT2D eigenvalue weighted by Crippen LogP contribution is -2.47. The van der Waals surface area contributed by atoms with Crippen molar-refractivity contribution in [3.63, 3.8) is 0 Å². The van der Waals surface area contributed by atoms with Gasteiger partial charge in [0.25, 0.3) is 5.56 Å². The highest BCUT2D eigenvalue weighted by Crippen LogP contribution is 2.21. The molecule has 1 amide bonds. The van der Waals surface area contributed by atoms with E-state index in [4.69, 9.17) is 4.74 Å². The standard InChI is InChI=1S/C30H39N7O3/c1-22(2)21-36-29(39)25-7-4-5-8-26(25)37-27(32-33-30(36)37)13-14-28(38)31-15-6-16-34-17-19-35(20-18-34)23-9-11-24(40-3)12-10-23/h4-5,7-12,22H,6,13-21H2,1-3H3,(H,31,38). The van der Waals surface area contributed by atoms with Gasteiger partial charge in [0.1, 0.15) is 11.6 Å². The summed E-state index contributed by atoms with van der Waals surface area (Å²) in [4.78, 5) is 30.6. The van der Waals surface area contributed by atoms with Crippen molar-refractivity contribution in [2.45, 2.75) is 39.7 Å². The van der Waals surface area contributed by atoms with Crippen molar-refractivity contribution in [3.05, 3.63) is 64.7 Å². The van der Waals surface area contributed by atoms with Crippen LogP contribution in [0.5, 0.6) is 5.75 Å². The Morgan fingerprint density at radius 3 is 2.50 bits per heavy atom. The van der Waals surface area contributed by atoms with Crippen molar-refractivity contribution < 1.29 is 9.53 Å². The molecule has 212 valence electrons. The van der Waals surface area contributed by atoms with Gasteiger partial charge in [0, 0.05) is 57.8 Å². The summed E-state index contributed by atoms with van der Waals surface area (Å²) in [6.07, 6.45) is 1.68. The fourth-order valence-corrected chi connectivity index (χ4v) is 5.37. The van der Waals surface area contributed by atoms with Crippen molar-refractivity contribution in [1.29, 1.82) is 0 Å². The molecule has 0 aliphatic carbocycles. The number of ether oxygens (including phenoxy) is 1. The quantitative estimate of drug-likeness (QED) is 0.290. The lowest BCUT2D eigenvalue weighted by Gasteiger charge is -2.36. The van der Waals surface area contributed by atoms with Crippen LogP contribution < -0.4 is 20.5 Å². The first kappa shape index (κ1) is 27.6. The summed E-state index contributed by atoms with van der Waals surface area (Å²) in [6, 6.07) is 15.7. The summed E-state index contributed by atoms with van der Waals surface area (Å²) in [5, 5.41) is 12.4. The summed E-state index contributed by atoms with van der Waals surface area (Å²) in [5.41, 5.74) is 1.94. The fraction of sp³-hybridized carbons (Fsp3) is 0.467. The maximum Gasteiger partial charge on any atom is 0.262 e. The van der Waals surface area contributed by atoms with Crippen LogP contribution in [-0.4, -0.2) is 76.4 Å². The Balaban J connectivity index is 1.10. The zero-order valence-electron chi connectivity index (χ0n) is 23.7. The van der Waals surface area contributed by atoms with E-state index >= 15 is 0 Å². The van der Waals surface area contributed by atoms with Crippen molar-refractivity contribution >= 4 is 28.3 Å². The summed E-state index contributed by atoms with van der Waals surface area (Å²) >= 11 is 0. The van der Waals surface area contributed by atoms with Crippen LogP contribution in [-0.2, 0) is 17.8 Å². The number of benzene rings is 2. The molecule has 3 heterocycles. The van der Waals surface area contributed by atoms with Crippen molar-refractivity contribution in [1.82, 2.24) is 29.4 Å². The first-order valence-electron chi connectivity index (χ1n) is 14.2. The normalized spacial score (nSPS) is 14.3. The van der Waals surface area contributed by atoms with Gasteiger partial charge >= 0.3 is 0 Å². The van der Waals surface area contributed by atoms with E-state index in [9.17, 15) is 9.59 Å². The van der Waals surface area contributed by atoms with Crippen molar-refractivity contribution in [2.24, 2.45) is 5.92 Å². The van der Waals surface area contributed by atoms with E-state index in [1.54, 1.807) is 11.7 Å². The number of carbonyl (C=O) groups excluding carboxylic acids is 1. The Morgan fingerprint density at radius 1 is 1.02 bits per heavy atom. The number of hydrogen-bond acceptors (Lipinski definition) is 7. The van der Waals surface area contributed by atoms with Gasteiger partial charge in [0.2, 0.25) is 11.7 Å². The highest BCUT2D eigenvalue weighted by atomic mass is 16.5. The highest BCUT2D eigenvalue weighted by Gasteiger charge is 2.19. The molecule has 0 bridgehead atoms. The maximum atomic E-state index is 13.1. The van der Waals surface area contributed by atoms with Gasteiger partial charge in [-0.2, -0.15) is 0 Å². The second-order valence-corrected chi connectivity index (χ2v) is 10.8. The van der Waals surface area contributed by atoms with Crippen LogP contribution >= 0.6 is 0 Å². The number of rotatable bonds is 11. The van der Waals surface area contributed by atoms with Crippen LogP contribution in [0.3, 0.4) is 0 Å². The van der Waals surface area contributed by atoms with Crippen molar-refractivity contribution in [2.75, 3.05) is 51.3 Å². The molecule has 1 saturated heterocycles. The van der Waals surface area contributed by atoms with E-state index in [0.29, 0.717) is 42.9 Å². The molecule has 1 N–H and O–H groups in total. The minimum absolute atomic E-state index is 0.000817. The molecular weight excluding hydrogens is 506 g/mol. The number of hydrogen-bond donors (Lipinski definition) is 1. The van der Waals surface area contributed by atoms with Crippen LogP contribution in [0, 0.1) is 5.92 Å². The number of nitrogens with one attached hydrogen (secondary N) is 1. The minimum Gasteiger partial charge on any atom is -0.497 e. The second kappa shape index (κ2) is 12.5. The average Bonchev–Trinajstić information content (AvgIpc) is 3.41. The zero-order chi connectivity index (χ0) is 28.1. The molecule has 0 atom stereocenters. The monoisotopic (exact) mass is 545 g/mol. The molecule has 0 radical (unpaired) electrons. The van der Waals surface area contributed by atoms with Gasteiger partial charge in [0.15, 0.2) is 0 Å².